The predicted octanol–water partition coefficient (Wildman–Crippen LogP) is 1.08. The molecular formula is C14H14F2N4O3S. The van der Waals surface area contributed by atoms with Gasteiger partial charge in [-0.25, -0.2) is 22.2 Å². The van der Waals surface area contributed by atoms with E-state index in [1.165, 1.54) is 17.0 Å². The van der Waals surface area contributed by atoms with Crippen LogP contribution in [-0.2, 0) is 14.8 Å². The number of anilines is 2. The molecule has 0 bridgehead atoms. The highest BCUT2D eigenvalue weighted by atomic mass is 32.2. The molecule has 1 heterocycles. The molecule has 0 aliphatic carbocycles. The van der Waals surface area contributed by atoms with Gasteiger partial charge in [-0.05, 0) is 24.3 Å². The molecule has 10 heteroatoms. The molecule has 1 amide bonds. The Morgan fingerprint density at radius 1 is 1.25 bits per heavy atom. The number of sulfonamides is 1. The maximum atomic E-state index is 13.1. The molecule has 2 aromatic rings. The Morgan fingerprint density at radius 2 is 1.96 bits per heavy atom. The molecule has 128 valence electrons. The van der Waals surface area contributed by atoms with E-state index in [2.05, 4.69) is 9.71 Å². The van der Waals surface area contributed by atoms with E-state index in [9.17, 15) is 22.0 Å². The molecule has 0 saturated heterocycles. The minimum absolute atomic E-state index is 0.0772. The highest BCUT2D eigenvalue weighted by Crippen LogP contribution is 2.19. The Hall–Kier alpha value is -2.75. The van der Waals surface area contributed by atoms with Gasteiger partial charge in [0.15, 0.2) is 11.6 Å². The van der Waals surface area contributed by atoms with Crippen LogP contribution in [0.3, 0.4) is 0 Å². The number of nitrogens with two attached hydrogens (primary N) is 1. The Kier molecular flexibility index (Phi) is 4.98. The SMILES string of the molecule is CN(CC(N)=O)c1ccc(S(=O)(=O)Nc2ccc(F)c(F)c2)cn1. The minimum atomic E-state index is -4.02. The van der Waals surface area contributed by atoms with Crippen molar-refractivity contribution in [3.8, 4) is 0 Å². The van der Waals surface area contributed by atoms with Crippen molar-refractivity contribution in [2.75, 3.05) is 23.2 Å². The third-order valence-corrected chi connectivity index (χ3v) is 4.35. The molecule has 0 radical (unpaired) electrons. The zero-order chi connectivity index (χ0) is 17.9. The molecule has 0 atom stereocenters. The van der Waals surface area contributed by atoms with Crippen molar-refractivity contribution in [2.45, 2.75) is 4.90 Å². The first-order chi connectivity index (χ1) is 11.2. The van der Waals surface area contributed by atoms with Gasteiger partial charge in [-0.2, -0.15) is 0 Å². The van der Waals surface area contributed by atoms with Crippen LogP contribution in [0, 0.1) is 11.6 Å². The summed E-state index contributed by atoms with van der Waals surface area (Å²) in [6, 6.07) is 5.30. The van der Waals surface area contributed by atoms with E-state index in [-0.39, 0.29) is 17.1 Å². The number of halogens is 2. The first-order valence-electron chi connectivity index (χ1n) is 6.62. The average molecular weight is 356 g/mol. The van der Waals surface area contributed by atoms with Gasteiger partial charge in [-0.15, -0.1) is 0 Å². The van der Waals surface area contributed by atoms with Gasteiger partial charge in [-0.3, -0.25) is 9.52 Å². The topological polar surface area (TPSA) is 105 Å². The fourth-order valence-electron chi connectivity index (χ4n) is 1.85. The van der Waals surface area contributed by atoms with Gasteiger partial charge >= 0.3 is 0 Å². The first-order valence-corrected chi connectivity index (χ1v) is 8.11. The number of hydrogen-bond donors (Lipinski definition) is 2. The smallest absolute Gasteiger partial charge is 0.263 e. The van der Waals surface area contributed by atoms with Gasteiger partial charge in [0, 0.05) is 19.3 Å². The van der Waals surface area contributed by atoms with E-state index < -0.39 is 27.6 Å². The van der Waals surface area contributed by atoms with Gasteiger partial charge in [0.05, 0.1) is 12.2 Å². The van der Waals surface area contributed by atoms with Crippen LogP contribution < -0.4 is 15.4 Å². The molecule has 0 spiro atoms. The van der Waals surface area contributed by atoms with Gasteiger partial charge in [-0.1, -0.05) is 0 Å². The van der Waals surface area contributed by atoms with Crippen LogP contribution in [0.2, 0.25) is 0 Å². The van der Waals surface area contributed by atoms with Crippen LogP contribution in [0.4, 0.5) is 20.3 Å². The van der Waals surface area contributed by atoms with E-state index in [1.807, 2.05) is 0 Å². The summed E-state index contributed by atoms with van der Waals surface area (Å²) >= 11 is 0. The fraction of sp³-hybridized carbons (Fsp3) is 0.143. The summed E-state index contributed by atoms with van der Waals surface area (Å²) in [5.41, 5.74) is 4.95. The van der Waals surface area contributed by atoms with Crippen LogP contribution in [0.5, 0.6) is 0 Å². The summed E-state index contributed by atoms with van der Waals surface area (Å²) in [7, 11) is -2.45. The number of benzene rings is 1. The standard InChI is InChI=1S/C14H14F2N4O3S/c1-20(8-13(17)21)14-5-3-10(7-18-14)24(22,23)19-9-2-4-11(15)12(16)6-9/h2-7,19H,8H2,1H3,(H2,17,21). The van der Waals surface area contributed by atoms with Crippen LogP contribution in [0.25, 0.3) is 0 Å². The number of nitrogens with one attached hydrogen (secondary N) is 1. The lowest BCUT2D eigenvalue weighted by atomic mass is 10.3. The fourth-order valence-corrected chi connectivity index (χ4v) is 2.84. The number of carbonyl (C=O) groups excluding carboxylic acids is 1. The lowest BCUT2D eigenvalue weighted by Crippen LogP contribution is -2.31. The summed E-state index contributed by atoms with van der Waals surface area (Å²) in [5, 5.41) is 0. The molecule has 2 rings (SSSR count). The highest BCUT2D eigenvalue weighted by Gasteiger charge is 2.16. The summed E-state index contributed by atoms with van der Waals surface area (Å²) in [4.78, 5) is 16.1. The maximum Gasteiger partial charge on any atom is 0.263 e. The number of hydrogen-bond acceptors (Lipinski definition) is 5. The second kappa shape index (κ2) is 6.79. The second-order valence-corrected chi connectivity index (χ2v) is 6.59. The van der Waals surface area contributed by atoms with Crippen LogP contribution >= 0.6 is 0 Å². The van der Waals surface area contributed by atoms with Gasteiger partial charge in [0.2, 0.25) is 5.91 Å². The largest absolute Gasteiger partial charge is 0.368 e. The van der Waals surface area contributed by atoms with Crippen molar-refractivity contribution in [1.29, 1.82) is 0 Å². The zero-order valence-electron chi connectivity index (χ0n) is 12.5. The maximum absolute atomic E-state index is 13.1. The Morgan fingerprint density at radius 3 is 2.50 bits per heavy atom. The third kappa shape index (κ3) is 4.16. The first kappa shape index (κ1) is 17.6. The van der Waals surface area contributed by atoms with Crippen molar-refractivity contribution in [3.63, 3.8) is 0 Å². The number of carbonyl (C=O) groups is 1. The molecule has 24 heavy (non-hydrogen) atoms. The molecule has 3 N–H and O–H groups in total. The highest BCUT2D eigenvalue weighted by molar-refractivity contribution is 7.92. The van der Waals surface area contributed by atoms with Crippen molar-refractivity contribution < 1.29 is 22.0 Å². The number of likely N-dealkylation sites (N-methyl/N-ethyl adjacent to an activating group) is 1. The molecule has 0 saturated carbocycles. The van der Waals surface area contributed by atoms with E-state index in [0.717, 1.165) is 24.4 Å². The van der Waals surface area contributed by atoms with Gasteiger partial charge < -0.3 is 10.6 Å². The quantitative estimate of drug-likeness (QED) is 0.806. The van der Waals surface area contributed by atoms with Crippen LogP contribution in [0.1, 0.15) is 0 Å². The molecule has 0 aliphatic heterocycles. The normalized spacial score (nSPS) is 11.1. The Bertz CT molecular complexity index is 857. The zero-order valence-corrected chi connectivity index (χ0v) is 13.3. The lowest BCUT2D eigenvalue weighted by Gasteiger charge is -2.16. The van der Waals surface area contributed by atoms with Gasteiger partial charge in [0.1, 0.15) is 10.7 Å². The summed E-state index contributed by atoms with van der Waals surface area (Å²) < 4.78 is 52.5. The van der Waals surface area contributed by atoms with Crippen molar-refractivity contribution in [2.24, 2.45) is 5.73 Å². The van der Waals surface area contributed by atoms with E-state index in [1.54, 1.807) is 7.05 Å². The third-order valence-electron chi connectivity index (χ3n) is 2.99. The summed E-state index contributed by atoms with van der Waals surface area (Å²) in [6.45, 7) is -0.0772. The number of aromatic nitrogens is 1. The molecular weight excluding hydrogens is 342 g/mol. The predicted molar refractivity (Wildman–Crippen MR) is 83.9 cm³/mol. The number of rotatable bonds is 6. The van der Waals surface area contributed by atoms with Crippen molar-refractivity contribution in [1.82, 2.24) is 4.98 Å². The number of primary amides is 1. The van der Waals surface area contributed by atoms with Crippen LogP contribution in [0.15, 0.2) is 41.4 Å². The Labute approximate surface area is 137 Å². The van der Waals surface area contributed by atoms with Gasteiger partial charge in [0.25, 0.3) is 10.0 Å². The molecule has 0 fully saturated rings. The summed E-state index contributed by atoms with van der Waals surface area (Å²) in [6.07, 6.45) is 1.08. The molecule has 1 aromatic carbocycles. The van der Waals surface area contributed by atoms with E-state index in [4.69, 9.17) is 5.73 Å². The number of amides is 1. The van der Waals surface area contributed by atoms with E-state index in [0.29, 0.717) is 5.82 Å². The summed E-state index contributed by atoms with van der Waals surface area (Å²) in [5.74, 6) is -2.46. The van der Waals surface area contributed by atoms with Crippen LogP contribution in [-0.4, -0.2) is 32.9 Å². The lowest BCUT2D eigenvalue weighted by molar-refractivity contribution is -0.116. The molecule has 0 aliphatic rings. The Balaban J connectivity index is 2.20. The monoisotopic (exact) mass is 356 g/mol. The van der Waals surface area contributed by atoms with Crippen molar-refractivity contribution in [3.05, 3.63) is 48.2 Å². The van der Waals surface area contributed by atoms with E-state index >= 15 is 0 Å². The minimum Gasteiger partial charge on any atom is -0.368 e. The second-order valence-electron chi connectivity index (χ2n) is 4.91. The molecule has 1 aromatic heterocycles. The van der Waals surface area contributed by atoms with Crippen molar-refractivity contribution >= 4 is 27.4 Å². The average Bonchev–Trinajstić information content (AvgIpc) is 2.50. The number of pyridine rings is 1. The number of nitrogens with zero attached hydrogens (tertiary/aromatic N) is 2. The molecule has 7 nitrogen and oxygen atoms in total. The molecule has 0 unspecified atom stereocenters.